The minimum absolute atomic E-state index is 0.0211. The molecule has 1 aromatic rings. The van der Waals surface area contributed by atoms with Crippen molar-refractivity contribution in [3.05, 3.63) is 10.7 Å². The van der Waals surface area contributed by atoms with E-state index in [4.69, 9.17) is 5.73 Å². The second-order valence-corrected chi connectivity index (χ2v) is 4.95. The van der Waals surface area contributed by atoms with Gasteiger partial charge in [0.2, 0.25) is 5.95 Å². The second-order valence-electron chi connectivity index (χ2n) is 4.14. The predicted molar refractivity (Wildman–Crippen MR) is 66.9 cm³/mol. The van der Waals surface area contributed by atoms with E-state index in [0.29, 0.717) is 16.4 Å². The summed E-state index contributed by atoms with van der Waals surface area (Å²) in [6.45, 7) is 6.43. The third-order valence-corrected chi connectivity index (χ3v) is 3.18. The molecule has 0 saturated heterocycles. The summed E-state index contributed by atoms with van der Waals surface area (Å²) in [6, 6.07) is 1.69. The second kappa shape index (κ2) is 4.35. The molecule has 1 rings (SSSR count). The first-order valence-corrected chi connectivity index (χ1v) is 5.70. The predicted octanol–water partition coefficient (Wildman–Crippen LogP) is 2.45. The topological polar surface area (TPSA) is 55.0 Å². The molecule has 84 valence electrons. The zero-order valence-electron chi connectivity index (χ0n) is 9.58. The highest BCUT2D eigenvalue weighted by Gasteiger charge is 2.23. The fourth-order valence-corrected chi connectivity index (χ4v) is 1.47. The van der Waals surface area contributed by atoms with Crippen LogP contribution in [0.25, 0.3) is 0 Å². The Morgan fingerprint density at radius 2 is 2.07 bits per heavy atom. The highest BCUT2D eigenvalue weighted by atomic mass is 79.9. The van der Waals surface area contributed by atoms with Gasteiger partial charge in [-0.05, 0) is 36.2 Å². The van der Waals surface area contributed by atoms with E-state index in [9.17, 15) is 0 Å². The van der Waals surface area contributed by atoms with E-state index in [2.05, 4.69) is 46.7 Å². The van der Waals surface area contributed by atoms with Crippen LogP contribution in [0.5, 0.6) is 0 Å². The zero-order valence-corrected chi connectivity index (χ0v) is 11.2. The molecule has 0 fully saturated rings. The molecule has 4 nitrogen and oxygen atoms in total. The normalized spacial score (nSPS) is 11.5. The number of halogens is 1. The van der Waals surface area contributed by atoms with Crippen molar-refractivity contribution in [1.29, 1.82) is 0 Å². The Morgan fingerprint density at radius 3 is 2.53 bits per heavy atom. The third kappa shape index (κ3) is 2.81. The van der Waals surface area contributed by atoms with Crippen molar-refractivity contribution in [1.82, 2.24) is 9.97 Å². The first-order valence-electron chi connectivity index (χ1n) is 4.90. The van der Waals surface area contributed by atoms with E-state index in [1.807, 2.05) is 11.9 Å². The van der Waals surface area contributed by atoms with Crippen LogP contribution in [0.3, 0.4) is 0 Å². The van der Waals surface area contributed by atoms with Crippen molar-refractivity contribution < 1.29 is 0 Å². The van der Waals surface area contributed by atoms with Crippen molar-refractivity contribution in [3.63, 3.8) is 0 Å². The molecule has 0 saturated carbocycles. The van der Waals surface area contributed by atoms with Gasteiger partial charge in [0, 0.05) is 18.7 Å². The maximum absolute atomic E-state index is 5.67. The zero-order chi connectivity index (χ0) is 11.6. The maximum Gasteiger partial charge on any atom is 0.228 e. The summed E-state index contributed by atoms with van der Waals surface area (Å²) in [5, 5.41) is 0. The number of anilines is 2. The first kappa shape index (κ1) is 12.2. The van der Waals surface area contributed by atoms with E-state index in [1.165, 1.54) is 0 Å². The Balaban J connectivity index is 3.06. The first-order chi connectivity index (χ1) is 6.86. The number of nitrogen functional groups attached to an aromatic ring is 1. The van der Waals surface area contributed by atoms with E-state index >= 15 is 0 Å². The molecule has 1 aromatic heterocycles. The van der Waals surface area contributed by atoms with Crippen LogP contribution >= 0.6 is 15.9 Å². The number of nitrogens with zero attached hydrogens (tertiary/aromatic N) is 3. The van der Waals surface area contributed by atoms with Gasteiger partial charge in [0.05, 0.1) is 0 Å². The summed E-state index contributed by atoms with van der Waals surface area (Å²) in [6.07, 6.45) is 1.01. The molecular formula is C10H17BrN4. The molecule has 2 N–H and O–H groups in total. The SMILES string of the molecule is CCC(C)(C)N(C)c1nc(N)cc(Br)n1. The van der Waals surface area contributed by atoms with Gasteiger partial charge in [-0.25, -0.2) is 4.98 Å². The molecule has 5 heteroatoms. The lowest BCUT2D eigenvalue weighted by Gasteiger charge is -2.34. The largest absolute Gasteiger partial charge is 0.383 e. The standard InChI is InChI=1S/C10H17BrN4/c1-5-10(2,3)15(4)9-13-7(11)6-8(12)14-9/h6H,5H2,1-4H3,(H2,12,13,14). The van der Waals surface area contributed by atoms with E-state index < -0.39 is 0 Å². The molecule has 1 heterocycles. The van der Waals surface area contributed by atoms with E-state index in [1.54, 1.807) is 6.07 Å². The van der Waals surface area contributed by atoms with Crippen LogP contribution in [-0.2, 0) is 0 Å². The van der Waals surface area contributed by atoms with Gasteiger partial charge in [-0.1, -0.05) is 6.92 Å². The highest BCUT2D eigenvalue weighted by Crippen LogP contribution is 2.23. The number of hydrogen-bond donors (Lipinski definition) is 1. The smallest absolute Gasteiger partial charge is 0.228 e. The average molecular weight is 273 g/mol. The fourth-order valence-electron chi connectivity index (χ4n) is 1.08. The van der Waals surface area contributed by atoms with Gasteiger partial charge in [0.25, 0.3) is 0 Å². The Kier molecular flexibility index (Phi) is 3.54. The van der Waals surface area contributed by atoms with E-state index in [-0.39, 0.29) is 5.54 Å². The number of aromatic nitrogens is 2. The molecule has 0 aliphatic carbocycles. The number of hydrogen-bond acceptors (Lipinski definition) is 4. The maximum atomic E-state index is 5.67. The van der Waals surface area contributed by atoms with Crippen LogP contribution in [0.4, 0.5) is 11.8 Å². The van der Waals surface area contributed by atoms with Crippen LogP contribution in [0.1, 0.15) is 27.2 Å². The molecule has 15 heavy (non-hydrogen) atoms. The average Bonchev–Trinajstić information content (AvgIpc) is 2.15. The molecule has 0 unspecified atom stereocenters. The molecule has 0 bridgehead atoms. The Morgan fingerprint density at radius 1 is 1.47 bits per heavy atom. The van der Waals surface area contributed by atoms with Crippen LogP contribution < -0.4 is 10.6 Å². The molecule has 0 aromatic carbocycles. The van der Waals surface area contributed by atoms with Gasteiger partial charge in [-0.15, -0.1) is 0 Å². The summed E-state index contributed by atoms with van der Waals surface area (Å²) in [5.74, 6) is 1.12. The highest BCUT2D eigenvalue weighted by molar-refractivity contribution is 9.10. The summed E-state index contributed by atoms with van der Waals surface area (Å²) < 4.78 is 0.712. The minimum Gasteiger partial charge on any atom is -0.383 e. The molecule has 0 atom stereocenters. The van der Waals surface area contributed by atoms with Gasteiger partial charge in [0.1, 0.15) is 10.4 Å². The molecule has 0 amide bonds. The third-order valence-electron chi connectivity index (χ3n) is 2.78. The quantitative estimate of drug-likeness (QED) is 0.859. The summed E-state index contributed by atoms with van der Waals surface area (Å²) in [5.41, 5.74) is 5.70. The molecule has 0 aliphatic rings. The van der Waals surface area contributed by atoms with Gasteiger partial charge in [0.15, 0.2) is 0 Å². The molecule has 0 aliphatic heterocycles. The van der Waals surface area contributed by atoms with Crippen LogP contribution in [0.2, 0.25) is 0 Å². The summed E-state index contributed by atoms with van der Waals surface area (Å²) >= 11 is 3.31. The van der Waals surface area contributed by atoms with Crippen molar-refractivity contribution >= 4 is 27.7 Å². The van der Waals surface area contributed by atoms with Crippen molar-refractivity contribution in [2.24, 2.45) is 0 Å². The Labute approximate surface area is 99.0 Å². The summed E-state index contributed by atoms with van der Waals surface area (Å²) in [7, 11) is 1.98. The molecule has 0 spiro atoms. The minimum atomic E-state index is 0.0211. The van der Waals surface area contributed by atoms with Crippen LogP contribution in [0, 0.1) is 0 Å². The fraction of sp³-hybridized carbons (Fsp3) is 0.600. The number of rotatable bonds is 3. The molecule has 0 radical (unpaired) electrons. The Hall–Kier alpha value is -0.840. The van der Waals surface area contributed by atoms with Gasteiger partial charge >= 0.3 is 0 Å². The van der Waals surface area contributed by atoms with Gasteiger partial charge in [-0.2, -0.15) is 4.98 Å². The van der Waals surface area contributed by atoms with Crippen molar-refractivity contribution in [2.75, 3.05) is 17.7 Å². The monoisotopic (exact) mass is 272 g/mol. The van der Waals surface area contributed by atoms with Crippen LogP contribution in [-0.4, -0.2) is 22.6 Å². The van der Waals surface area contributed by atoms with E-state index in [0.717, 1.165) is 6.42 Å². The number of nitrogens with two attached hydrogens (primary N) is 1. The van der Waals surface area contributed by atoms with Gasteiger partial charge < -0.3 is 10.6 Å². The lowest BCUT2D eigenvalue weighted by molar-refractivity contribution is 0.463. The Bertz CT molecular complexity index is 331. The van der Waals surface area contributed by atoms with Crippen LogP contribution in [0.15, 0.2) is 10.7 Å². The van der Waals surface area contributed by atoms with Crippen molar-refractivity contribution in [3.8, 4) is 0 Å². The summed E-state index contributed by atoms with van der Waals surface area (Å²) in [4.78, 5) is 10.5. The molecular weight excluding hydrogens is 256 g/mol. The van der Waals surface area contributed by atoms with Gasteiger partial charge in [-0.3, -0.25) is 0 Å². The van der Waals surface area contributed by atoms with Crippen molar-refractivity contribution in [2.45, 2.75) is 32.7 Å². The lowest BCUT2D eigenvalue weighted by Crippen LogP contribution is -2.41. The lowest BCUT2D eigenvalue weighted by atomic mass is 10.0.